The van der Waals surface area contributed by atoms with Crippen molar-refractivity contribution in [2.75, 3.05) is 48.3 Å². The lowest BCUT2D eigenvalue weighted by Crippen LogP contribution is -2.50. The van der Waals surface area contributed by atoms with Gasteiger partial charge in [0.05, 0.1) is 0 Å². The minimum atomic E-state index is -0.186. The minimum Gasteiger partial charge on any atom is -0.368 e. The molecule has 35 heavy (non-hydrogen) atoms. The van der Waals surface area contributed by atoms with Gasteiger partial charge in [-0.05, 0) is 75.6 Å². The van der Waals surface area contributed by atoms with Crippen LogP contribution in [0, 0.1) is 12.8 Å². The van der Waals surface area contributed by atoms with Crippen LogP contribution in [0.1, 0.15) is 32.3 Å². The number of nitrogens with zero attached hydrogens (tertiary/aromatic N) is 3. The maximum absolute atomic E-state index is 12.6. The Hall–Kier alpha value is -3.55. The van der Waals surface area contributed by atoms with Gasteiger partial charge in [0.15, 0.2) is 0 Å². The monoisotopic (exact) mass is 477 g/mol. The number of urea groups is 1. The Kier molecular flexibility index (Phi) is 7.58. The first-order valence-corrected chi connectivity index (χ1v) is 12.4. The van der Waals surface area contributed by atoms with E-state index < -0.39 is 0 Å². The maximum Gasteiger partial charge on any atom is 0.321 e. The number of aryl methyl sites for hydroxylation is 1. The van der Waals surface area contributed by atoms with Gasteiger partial charge in [0.1, 0.15) is 6.54 Å². The van der Waals surface area contributed by atoms with Crippen molar-refractivity contribution in [1.29, 1.82) is 0 Å². The predicted molar refractivity (Wildman–Crippen MR) is 139 cm³/mol. The van der Waals surface area contributed by atoms with Crippen LogP contribution in [-0.2, 0) is 9.59 Å². The van der Waals surface area contributed by atoms with Gasteiger partial charge in [-0.3, -0.25) is 9.59 Å². The molecule has 0 unspecified atom stereocenters. The van der Waals surface area contributed by atoms with Crippen LogP contribution in [0.4, 0.5) is 21.9 Å². The number of amides is 4. The van der Waals surface area contributed by atoms with E-state index in [0.29, 0.717) is 18.8 Å². The highest BCUT2D eigenvalue weighted by molar-refractivity contribution is 5.95. The summed E-state index contributed by atoms with van der Waals surface area (Å²) in [5.41, 5.74) is 3.67. The molecular weight excluding hydrogens is 442 g/mol. The number of rotatable bonds is 7. The summed E-state index contributed by atoms with van der Waals surface area (Å²) >= 11 is 0. The third kappa shape index (κ3) is 6.53. The van der Waals surface area contributed by atoms with Gasteiger partial charge >= 0.3 is 6.03 Å². The van der Waals surface area contributed by atoms with E-state index in [-0.39, 0.29) is 36.3 Å². The number of carbonyl (C=O) groups excluding carboxylic acids is 3. The number of benzene rings is 2. The van der Waals surface area contributed by atoms with E-state index in [4.69, 9.17) is 0 Å². The molecule has 1 saturated heterocycles. The standard InChI is InChI=1S/C27H35N5O3/c1-19(2)32(26(34)21-7-8-21)18-25(33)28-22-9-11-24(12-10-22)30-13-15-31(16-14-30)27(35)29-23-6-4-5-20(3)17-23/h4-6,9-12,17,19,21H,7-8,13-16,18H2,1-3H3,(H,28,33)(H,29,35). The maximum atomic E-state index is 12.6. The topological polar surface area (TPSA) is 85.0 Å². The smallest absolute Gasteiger partial charge is 0.321 e. The second-order valence-corrected chi connectivity index (χ2v) is 9.70. The molecule has 8 heteroatoms. The molecule has 186 valence electrons. The van der Waals surface area contributed by atoms with Gasteiger partial charge < -0.3 is 25.3 Å². The number of carbonyl (C=O) groups is 3. The highest BCUT2D eigenvalue weighted by Crippen LogP contribution is 2.31. The summed E-state index contributed by atoms with van der Waals surface area (Å²) in [6.45, 7) is 8.69. The van der Waals surface area contributed by atoms with Crippen molar-refractivity contribution in [3.63, 3.8) is 0 Å². The van der Waals surface area contributed by atoms with Gasteiger partial charge in [0.2, 0.25) is 11.8 Å². The summed E-state index contributed by atoms with van der Waals surface area (Å²) in [6.07, 6.45) is 1.85. The second-order valence-electron chi connectivity index (χ2n) is 9.70. The second kappa shape index (κ2) is 10.8. The van der Waals surface area contributed by atoms with Crippen LogP contribution in [0.15, 0.2) is 48.5 Å². The van der Waals surface area contributed by atoms with E-state index in [0.717, 1.165) is 42.9 Å². The fourth-order valence-electron chi connectivity index (χ4n) is 4.28. The van der Waals surface area contributed by atoms with Crippen LogP contribution in [0.25, 0.3) is 0 Å². The van der Waals surface area contributed by atoms with E-state index in [1.165, 1.54) is 0 Å². The van der Waals surface area contributed by atoms with Crippen molar-refractivity contribution >= 4 is 34.9 Å². The molecule has 0 bridgehead atoms. The molecule has 1 saturated carbocycles. The van der Waals surface area contributed by atoms with Crippen molar-refractivity contribution in [3.8, 4) is 0 Å². The molecule has 2 aliphatic rings. The Bertz CT molecular complexity index is 1060. The first kappa shape index (κ1) is 24.6. The highest BCUT2D eigenvalue weighted by atomic mass is 16.2. The van der Waals surface area contributed by atoms with Crippen molar-refractivity contribution in [2.45, 2.75) is 39.7 Å². The molecule has 8 nitrogen and oxygen atoms in total. The van der Waals surface area contributed by atoms with E-state index in [2.05, 4.69) is 15.5 Å². The molecular formula is C27H35N5O3. The van der Waals surface area contributed by atoms with Gasteiger partial charge in [0.25, 0.3) is 0 Å². The molecule has 0 radical (unpaired) electrons. The number of piperazine rings is 1. The van der Waals surface area contributed by atoms with E-state index >= 15 is 0 Å². The van der Waals surface area contributed by atoms with Crippen LogP contribution in [0.3, 0.4) is 0 Å². The highest BCUT2D eigenvalue weighted by Gasteiger charge is 2.35. The van der Waals surface area contributed by atoms with E-state index in [1.54, 1.807) is 4.90 Å². The molecule has 1 aliphatic carbocycles. The molecule has 1 heterocycles. The molecule has 2 aromatic carbocycles. The summed E-state index contributed by atoms with van der Waals surface area (Å²) < 4.78 is 0. The van der Waals surface area contributed by atoms with Crippen molar-refractivity contribution in [2.24, 2.45) is 5.92 Å². The Labute approximate surface area is 207 Å². The average Bonchev–Trinajstić information content (AvgIpc) is 3.68. The zero-order valence-electron chi connectivity index (χ0n) is 20.8. The summed E-state index contributed by atoms with van der Waals surface area (Å²) in [7, 11) is 0. The predicted octanol–water partition coefficient (Wildman–Crippen LogP) is 3.93. The first-order chi connectivity index (χ1) is 16.8. The van der Waals surface area contributed by atoms with Gasteiger partial charge in [-0.2, -0.15) is 0 Å². The fourth-order valence-corrected chi connectivity index (χ4v) is 4.28. The normalized spacial score (nSPS) is 15.7. The van der Waals surface area contributed by atoms with Gasteiger partial charge in [-0.25, -0.2) is 4.79 Å². The Morgan fingerprint density at radius 3 is 2.23 bits per heavy atom. The Balaban J connectivity index is 1.25. The molecule has 2 fully saturated rings. The largest absolute Gasteiger partial charge is 0.368 e. The zero-order valence-corrected chi connectivity index (χ0v) is 20.8. The van der Waals surface area contributed by atoms with Gasteiger partial charge in [0, 0.05) is 55.2 Å². The van der Waals surface area contributed by atoms with Crippen molar-refractivity contribution in [3.05, 3.63) is 54.1 Å². The van der Waals surface area contributed by atoms with Gasteiger partial charge in [-0.1, -0.05) is 12.1 Å². The third-order valence-electron chi connectivity index (χ3n) is 6.50. The van der Waals surface area contributed by atoms with Crippen molar-refractivity contribution in [1.82, 2.24) is 9.80 Å². The number of nitrogens with one attached hydrogen (secondary N) is 2. The number of hydrogen-bond acceptors (Lipinski definition) is 4. The third-order valence-corrected chi connectivity index (χ3v) is 6.50. The fraction of sp³-hybridized carbons (Fsp3) is 0.444. The summed E-state index contributed by atoms with van der Waals surface area (Å²) in [5.74, 6) is -0.00977. The first-order valence-electron chi connectivity index (χ1n) is 12.4. The molecule has 4 amide bonds. The lowest BCUT2D eigenvalue weighted by molar-refractivity contribution is -0.137. The lowest BCUT2D eigenvalue weighted by Gasteiger charge is -2.36. The zero-order chi connectivity index (χ0) is 24.9. The van der Waals surface area contributed by atoms with Crippen LogP contribution in [0.5, 0.6) is 0 Å². The summed E-state index contributed by atoms with van der Waals surface area (Å²) in [6, 6.07) is 15.4. The molecule has 1 aliphatic heterocycles. The SMILES string of the molecule is Cc1cccc(NC(=O)N2CCN(c3ccc(NC(=O)CN(C(=O)C4CC4)C(C)C)cc3)CC2)c1. The van der Waals surface area contributed by atoms with Crippen LogP contribution >= 0.6 is 0 Å². The Morgan fingerprint density at radius 1 is 0.943 bits per heavy atom. The number of hydrogen-bond donors (Lipinski definition) is 2. The minimum absolute atomic E-state index is 0.00576. The van der Waals surface area contributed by atoms with E-state index in [9.17, 15) is 14.4 Å². The molecule has 0 aromatic heterocycles. The van der Waals surface area contributed by atoms with Gasteiger partial charge in [-0.15, -0.1) is 0 Å². The number of anilines is 3. The molecule has 4 rings (SSSR count). The van der Waals surface area contributed by atoms with Crippen LogP contribution in [-0.4, -0.2) is 66.4 Å². The molecule has 2 aromatic rings. The van der Waals surface area contributed by atoms with E-state index in [1.807, 2.05) is 74.2 Å². The van der Waals surface area contributed by atoms with Crippen LogP contribution < -0.4 is 15.5 Å². The lowest BCUT2D eigenvalue weighted by atomic mass is 10.2. The summed E-state index contributed by atoms with van der Waals surface area (Å²) in [5, 5.41) is 5.88. The Morgan fingerprint density at radius 2 is 1.63 bits per heavy atom. The quantitative estimate of drug-likeness (QED) is 0.633. The molecule has 0 atom stereocenters. The van der Waals surface area contributed by atoms with Crippen LogP contribution in [0.2, 0.25) is 0 Å². The summed E-state index contributed by atoms with van der Waals surface area (Å²) in [4.78, 5) is 43.3. The average molecular weight is 478 g/mol. The van der Waals surface area contributed by atoms with Crippen molar-refractivity contribution < 1.29 is 14.4 Å². The molecule has 2 N–H and O–H groups in total. The molecule has 0 spiro atoms.